The summed E-state index contributed by atoms with van der Waals surface area (Å²) in [5.41, 5.74) is 0. The summed E-state index contributed by atoms with van der Waals surface area (Å²) in [6.45, 7) is 7.83. The topological polar surface area (TPSA) is 36.4 Å². The molecule has 0 saturated heterocycles. The molecule has 0 aromatic carbocycles. The number of nitrogens with one attached hydrogen (secondary N) is 2. The third kappa shape index (κ3) is 7.44. The van der Waals surface area contributed by atoms with Crippen molar-refractivity contribution in [3.8, 4) is 0 Å². The van der Waals surface area contributed by atoms with Crippen LogP contribution in [0.3, 0.4) is 0 Å². The van der Waals surface area contributed by atoms with E-state index in [-0.39, 0.29) is 24.0 Å². The summed E-state index contributed by atoms with van der Waals surface area (Å²) in [4.78, 5) is 4.27. The lowest BCUT2D eigenvalue weighted by molar-refractivity contribution is 0.548. The second-order valence-electron chi connectivity index (χ2n) is 5.57. The Kier molecular flexibility index (Phi) is 9.87. The lowest BCUT2D eigenvalue weighted by atomic mass is 10.1. The molecule has 0 bridgehead atoms. The quantitative estimate of drug-likeness (QED) is 0.313. The Morgan fingerprint density at radius 1 is 1.39 bits per heavy atom. The summed E-state index contributed by atoms with van der Waals surface area (Å²) < 4.78 is 0. The number of rotatable bonds is 7. The molecule has 0 spiro atoms. The molecule has 1 saturated carbocycles. The molecule has 0 aliphatic heterocycles. The zero-order valence-corrected chi connectivity index (χ0v) is 14.7. The molecule has 1 aliphatic carbocycles. The maximum atomic E-state index is 4.27. The molecule has 0 amide bonds. The van der Waals surface area contributed by atoms with Crippen LogP contribution in [0.1, 0.15) is 52.9 Å². The van der Waals surface area contributed by atoms with Crippen molar-refractivity contribution in [2.75, 3.05) is 13.6 Å². The van der Waals surface area contributed by atoms with Crippen molar-refractivity contribution in [1.29, 1.82) is 0 Å². The molecule has 18 heavy (non-hydrogen) atoms. The van der Waals surface area contributed by atoms with Crippen molar-refractivity contribution in [3.63, 3.8) is 0 Å². The summed E-state index contributed by atoms with van der Waals surface area (Å²) in [5, 5.41) is 6.90. The second kappa shape index (κ2) is 9.87. The molecular formula is C14H30IN3. The predicted octanol–water partition coefficient (Wildman–Crippen LogP) is 3.39. The first-order valence-corrected chi connectivity index (χ1v) is 7.14. The van der Waals surface area contributed by atoms with Crippen molar-refractivity contribution in [1.82, 2.24) is 10.6 Å². The van der Waals surface area contributed by atoms with Crippen LogP contribution in [0.5, 0.6) is 0 Å². The first-order chi connectivity index (χ1) is 8.17. The van der Waals surface area contributed by atoms with E-state index in [1.54, 1.807) is 0 Å². The van der Waals surface area contributed by atoms with Gasteiger partial charge in [-0.2, -0.15) is 0 Å². The van der Waals surface area contributed by atoms with Crippen molar-refractivity contribution in [2.24, 2.45) is 16.8 Å². The van der Waals surface area contributed by atoms with Gasteiger partial charge in [0, 0.05) is 19.6 Å². The van der Waals surface area contributed by atoms with Gasteiger partial charge in [-0.15, -0.1) is 24.0 Å². The Hall–Kier alpha value is 0. The van der Waals surface area contributed by atoms with Crippen LogP contribution in [-0.2, 0) is 0 Å². The van der Waals surface area contributed by atoms with Gasteiger partial charge in [0.15, 0.2) is 5.96 Å². The van der Waals surface area contributed by atoms with Gasteiger partial charge >= 0.3 is 0 Å². The summed E-state index contributed by atoms with van der Waals surface area (Å²) in [6, 6.07) is 0.672. The third-order valence-electron chi connectivity index (χ3n) is 3.38. The molecule has 3 nitrogen and oxygen atoms in total. The van der Waals surface area contributed by atoms with E-state index in [1.165, 1.54) is 32.1 Å². The predicted molar refractivity (Wildman–Crippen MR) is 90.8 cm³/mol. The number of hydrogen-bond donors (Lipinski definition) is 2. The van der Waals surface area contributed by atoms with Gasteiger partial charge in [-0.3, -0.25) is 4.99 Å². The van der Waals surface area contributed by atoms with Gasteiger partial charge < -0.3 is 10.6 Å². The molecule has 2 unspecified atom stereocenters. The van der Waals surface area contributed by atoms with Gasteiger partial charge in [0.25, 0.3) is 0 Å². The van der Waals surface area contributed by atoms with Crippen molar-refractivity contribution in [2.45, 2.75) is 58.9 Å². The highest BCUT2D eigenvalue weighted by Crippen LogP contribution is 2.34. The Morgan fingerprint density at radius 2 is 2.11 bits per heavy atom. The molecule has 1 aliphatic rings. The highest BCUT2D eigenvalue weighted by atomic mass is 127. The van der Waals surface area contributed by atoms with Gasteiger partial charge in [-0.25, -0.2) is 0 Å². The largest absolute Gasteiger partial charge is 0.356 e. The maximum Gasteiger partial charge on any atom is 0.191 e. The number of nitrogens with zero attached hydrogens (tertiary/aromatic N) is 1. The maximum absolute atomic E-state index is 4.27. The second-order valence-corrected chi connectivity index (χ2v) is 5.57. The van der Waals surface area contributed by atoms with Crippen molar-refractivity contribution >= 4 is 29.9 Å². The first-order valence-electron chi connectivity index (χ1n) is 7.14. The Morgan fingerprint density at radius 3 is 2.67 bits per heavy atom. The SMILES string of the molecule is CCCC1CC1NC(=NC)NCCCC(C)C.I. The molecule has 1 fully saturated rings. The lowest BCUT2D eigenvalue weighted by Gasteiger charge is -2.12. The fraction of sp³-hybridized carbons (Fsp3) is 0.929. The molecule has 4 heteroatoms. The number of aliphatic imine (C=N–C) groups is 1. The standard InChI is InChI=1S/C14H29N3.HI/c1-5-7-12-10-13(12)17-14(15-4)16-9-6-8-11(2)3;/h11-13H,5-10H2,1-4H3,(H2,15,16,17);1H. The van der Waals surface area contributed by atoms with E-state index in [0.717, 1.165) is 24.3 Å². The van der Waals surface area contributed by atoms with Gasteiger partial charge in [0.1, 0.15) is 0 Å². The fourth-order valence-electron chi connectivity index (χ4n) is 2.20. The van der Waals surface area contributed by atoms with E-state index in [4.69, 9.17) is 0 Å². The monoisotopic (exact) mass is 367 g/mol. The molecule has 1 rings (SSSR count). The number of hydrogen-bond acceptors (Lipinski definition) is 1. The van der Waals surface area contributed by atoms with E-state index in [2.05, 4.69) is 36.4 Å². The fourth-order valence-corrected chi connectivity index (χ4v) is 2.20. The van der Waals surface area contributed by atoms with E-state index in [1.807, 2.05) is 7.05 Å². The van der Waals surface area contributed by atoms with Crippen LogP contribution in [0, 0.1) is 11.8 Å². The van der Waals surface area contributed by atoms with Gasteiger partial charge in [-0.05, 0) is 37.5 Å². The van der Waals surface area contributed by atoms with E-state index in [0.29, 0.717) is 6.04 Å². The van der Waals surface area contributed by atoms with E-state index in [9.17, 15) is 0 Å². The van der Waals surface area contributed by atoms with Crippen molar-refractivity contribution < 1.29 is 0 Å². The van der Waals surface area contributed by atoms with Crippen LogP contribution in [0.25, 0.3) is 0 Å². The molecule has 0 aromatic heterocycles. The number of halogens is 1. The minimum Gasteiger partial charge on any atom is -0.356 e. The van der Waals surface area contributed by atoms with Crippen LogP contribution in [0.4, 0.5) is 0 Å². The molecule has 0 heterocycles. The summed E-state index contributed by atoms with van der Waals surface area (Å²) in [7, 11) is 1.86. The van der Waals surface area contributed by atoms with Gasteiger partial charge in [-0.1, -0.05) is 27.2 Å². The van der Waals surface area contributed by atoms with E-state index < -0.39 is 0 Å². The minimum atomic E-state index is 0. The van der Waals surface area contributed by atoms with E-state index >= 15 is 0 Å². The average Bonchev–Trinajstić information content (AvgIpc) is 3.01. The lowest BCUT2D eigenvalue weighted by Crippen LogP contribution is -2.39. The molecule has 0 radical (unpaired) electrons. The van der Waals surface area contributed by atoms with Crippen LogP contribution >= 0.6 is 24.0 Å². The highest BCUT2D eigenvalue weighted by Gasteiger charge is 2.36. The Labute approximate surface area is 130 Å². The summed E-state index contributed by atoms with van der Waals surface area (Å²) >= 11 is 0. The first kappa shape index (κ1) is 18.0. The summed E-state index contributed by atoms with van der Waals surface area (Å²) in [5.74, 6) is 2.66. The zero-order valence-electron chi connectivity index (χ0n) is 12.3. The van der Waals surface area contributed by atoms with Crippen LogP contribution in [-0.4, -0.2) is 25.6 Å². The zero-order chi connectivity index (χ0) is 12.7. The van der Waals surface area contributed by atoms with Crippen LogP contribution < -0.4 is 10.6 Å². The smallest absolute Gasteiger partial charge is 0.191 e. The average molecular weight is 367 g/mol. The van der Waals surface area contributed by atoms with Crippen molar-refractivity contribution in [3.05, 3.63) is 0 Å². The summed E-state index contributed by atoms with van der Waals surface area (Å²) in [6.07, 6.45) is 6.47. The molecular weight excluding hydrogens is 337 g/mol. The van der Waals surface area contributed by atoms with Crippen LogP contribution in [0.2, 0.25) is 0 Å². The molecule has 2 atom stereocenters. The van der Waals surface area contributed by atoms with Crippen LogP contribution in [0.15, 0.2) is 4.99 Å². The third-order valence-corrected chi connectivity index (χ3v) is 3.38. The molecule has 0 aromatic rings. The Balaban J connectivity index is 0.00000289. The van der Waals surface area contributed by atoms with Gasteiger partial charge in [0.2, 0.25) is 0 Å². The Bertz CT molecular complexity index is 241. The highest BCUT2D eigenvalue weighted by molar-refractivity contribution is 14.0. The number of guanidine groups is 1. The minimum absolute atomic E-state index is 0. The molecule has 108 valence electrons. The van der Waals surface area contributed by atoms with Gasteiger partial charge in [0.05, 0.1) is 0 Å². The normalized spacial score (nSPS) is 22.6. The molecule has 2 N–H and O–H groups in total.